The molecule has 4 rings (SSSR count). The number of hydrogen-bond acceptors (Lipinski definition) is 9. The number of carboxylic acids is 1. The van der Waals surface area contributed by atoms with Gasteiger partial charge in [-0.3, -0.25) is 19.6 Å². The second-order valence-corrected chi connectivity index (χ2v) is 11.0. The van der Waals surface area contributed by atoms with Gasteiger partial charge in [0.2, 0.25) is 0 Å². The molecule has 0 radical (unpaired) electrons. The third-order valence-electron chi connectivity index (χ3n) is 6.93. The Hall–Kier alpha value is -3.36. The van der Waals surface area contributed by atoms with Gasteiger partial charge in [0.25, 0.3) is 0 Å². The van der Waals surface area contributed by atoms with Crippen LogP contribution < -0.4 is 10.2 Å². The van der Waals surface area contributed by atoms with Crippen LogP contribution in [-0.4, -0.2) is 81.1 Å². The largest absolute Gasteiger partial charge is 0.480 e. The van der Waals surface area contributed by atoms with E-state index < -0.39 is 23.5 Å². The van der Waals surface area contributed by atoms with E-state index in [-0.39, 0.29) is 24.7 Å². The van der Waals surface area contributed by atoms with Gasteiger partial charge in [-0.05, 0) is 38.2 Å². The average Bonchev–Trinajstić information content (AvgIpc) is 3.32. The minimum Gasteiger partial charge on any atom is -0.480 e. The lowest BCUT2D eigenvalue weighted by atomic mass is 10.1. The van der Waals surface area contributed by atoms with Gasteiger partial charge in [-0.25, -0.2) is 14.4 Å². The molecule has 0 aliphatic carbocycles. The zero-order valence-corrected chi connectivity index (χ0v) is 23.9. The summed E-state index contributed by atoms with van der Waals surface area (Å²) in [5.74, 6) is -1.13. The summed E-state index contributed by atoms with van der Waals surface area (Å²) in [7, 11) is 0. The first-order valence-electron chi connectivity index (χ1n) is 13.3. The van der Waals surface area contributed by atoms with E-state index in [1.807, 2.05) is 25.7 Å². The third-order valence-corrected chi connectivity index (χ3v) is 7.93. The highest BCUT2D eigenvalue weighted by molar-refractivity contribution is 7.16. The first-order valence-corrected chi connectivity index (χ1v) is 14.1. The second kappa shape index (κ2) is 13.1. The van der Waals surface area contributed by atoms with Crippen molar-refractivity contribution in [3.8, 4) is 11.3 Å². The fourth-order valence-electron chi connectivity index (χ4n) is 4.76. The highest BCUT2D eigenvalue weighted by atomic mass is 32.1. The quantitative estimate of drug-likeness (QED) is 0.303. The van der Waals surface area contributed by atoms with E-state index in [9.17, 15) is 22.4 Å². The number of carbonyl (C=O) groups is 1. The van der Waals surface area contributed by atoms with Crippen molar-refractivity contribution in [2.24, 2.45) is 0 Å². The standard InChI is InChI=1S/C27H33F4N7O2S/c1-4-36(5-2)15-22-25(18-8-19(27(29,30)31)10-20(28)9-18)35-26(41-22)34-12-21-11-33-23(13-32-21)38-7-6-37(14-17(38)3)16-24(39)40/h8-11,13,17H,4-7,12,14-16H2,1-3H3,(H,34,35)(H,39,40)/t17-/m1/s1. The van der Waals surface area contributed by atoms with Crippen LogP contribution in [0.15, 0.2) is 30.6 Å². The van der Waals surface area contributed by atoms with Gasteiger partial charge in [0.05, 0.1) is 42.4 Å². The minimum atomic E-state index is -4.68. The molecule has 41 heavy (non-hydrogen) atoms. The van der Waals surface area contributed by atoms with Crippen LogP contribution in [0.1, 0.15) is 36.9 Å². The molecule has 1 fully saturated rings. The summed E-state index contributed by atoms with van der Waals surface area (Å²) in [6.07, 6.45) is -1.36. The minimum absolute atomic E-state index is 0.00622. The molecule has 1 saturated heterocycles. The molecule has 0 bridgehead atoms. The molecule has 0 unspecified atom stereocenters. The molecule has 1 atom stereocenters. The smallest absolute Gasteiger partial charge is 0.416 e. The Bertz CT molecular complexity index is 1330. The fraction of sp³-hybridized carbons (Fsp3) is 0.481. The predicted octanol–water partition coefficient (Wildman–Crippen LogP) is 4.81. The maximum atomic E-state index is 14.2. The molecule has 222 valence electrons. The van der Waals surface area contributed by atoms with Gasteiger partial charge in [0, 0.05) is 42.7 Å². The molecule has 0 saturated carbocycles. The Kier molecular flexibility index (Phi) is 9.76. The lowest BCUT2D eigenvalue weighted by Crippen LogP contribution is -2.53. The van der Waals surface area contributed by atoms with Gasteiger partial charge in [0.15, 0.2) is 5.13 Å². The van der Waals surface area contributed by atoms with Gasteiger partial charge in [-0.15, -0.1) is 11.3 Å². The van der Waals surface area contributed by atoms with E-state index in [2.05, 4.69) is 30.1 Å². The molecular weight excluding hydrogens is 562 g/mol. The summed E-state index contributed by atoms with van der Waals surface area (Å²) in [6, 6.07) is 2.56. The number of halogens is 4. The molecular formula is C27H33F4N7O2S. The summed E-state index contributed by atoms with van der Waals surface area (Å²) in [5, 5.41) is 12.7. The van der Waals surface area contributed by atoms with Crippen molar-refractivity contribution in [3.63, 3.8) is 0 Å². The van der Waals surface area contributed by atoms with Crippen molar-refractivity contribution < 1.29 is 27.5 Å². The summed E-state index contributed by atoms with van der Waals surface area (Å²) < 4.78 is 54.4. The number of rotatable bonds is 11. The Morgan fingerprint density at radius 3 is 2.54 bits per heavy atom. The second-order valence-electron chi connectivity index (χ2n) is 9.87. The van der Waals surface area contributed by atoms with E-state index in [0.717, 1.165) is 30.1 Å². The van der Waals surface area contributed by atoms with Crippen LogP contribution in [-0.2, 0) is 24.1 Å². The molecule has 1 aliphatic rings. The molecule has 3 heterocycles. The molecule has 0 amide bonds. The average molecular weight is 596 g/mol. The Morgan fingerprint density at radius 1 is 1.17 bits per heavy atom. The summed E-state index contributed by atoms with van der Waals surface area (Å²) in [5.41, 5.74) is -0.0350. The summed E-state index contributed by atoms with van der Waals surface area (Å²) in [6.45, 7) is 10.1. The molecule has 14 heteroatoms. The number of aliphatic carboxylic acids is 1. The van der Waals surface area contributed by atoms with Crippen molar-refractivity contribution in [3.05, 3.63) is 52.5 Å². The Morgan fingerprint density at radius 2 is 1.93 bits per heavy atom. The molecule has 2 aromatic heterocycles. The zero-order chi connectivity index (χ0) is 29.7. The van der Waals surface area contributed by atoms with Gasteiger partial charge in [-0.1, -0.05) is 13.8 Å². The number of aromatic nitrogens is 3. The highest BCUT2D eigenvalue weighted by Crippen LogP contribution is 2.37. The molecule has 0 spiro atoms. The number of carboxylic acid groups (broad SMARTS) is 1. The SMILES string of the molecule is CCN(CC)Cc1sc(NCc2cnc(N3CCN(CC(=O)O)C[C@H]3C)cn2)nc1-c1cc(F)cc(C(F)(F)F)c1. The third kappa shape index (κ3) is 7.89. The van der Waals surface area contributed by atoms with Crippen LogP contribution in [0.5, 0.6) is 0 Å². The maximum absolute atomic E-state index is 14.2. The van der Waals surface area contributed by atoms with Crippen LogP contribution in [0.2, 0.25) is 0 Å². The van der Waals surface area contributed by atoms with Gasteiger partial charge < -0.3 is 15.3 Å². The van der Waals surface area contributed by atoms with Crippen molar-refractivity contribution in [1.82, 2.24) is 24.8 Å². The molecule has 9 nitrogen and oxygen atoms in total. The van der Waals surface area contributed by atoms with Gasteiger partial charge >= 0.3 is 12.1 Å². The first-order chi connectivity index (χ1) is 19.5. The number of anilines is 2. The number of hydrogen-bond donors (Lipinski definition) is 2. The van der Waals surface area contributed by atoms with Crippen molar-refractivity contribution in [2.45, 2.75) is 46.1 Å². The van der Waals surface area contributed by atoms with E-state index in [1.165, 1.54) is 11.3 Å². The molecule has 2 N–H and O–H groups in total. The number of nitrogens with one attached hydrogen (secondary N) is 1. The van der Waals surface area contributed by atoms with Gasteiger partial charge in [0.1, 0.15) is 11.6 Å². The summed E-state index contributed by atoms with van der Waals surface area (Å²) in [4.78, 5) is 31.4. The molecule has 1 aromatic carbocycles. The molecule has 3 aromatic rings. The van der Waals surface area contributed by atoms with E-state index >= 15 is 0 Å². The number of nitrogens with zero attached hydrogens (tertiary/aromatic N) is 6. The lowest BCUT2D eigenvalue weighted by Gasteiger charge is -2.39. The van der Waals surface area contributed by atoms with E-state index in [0.29, 0.717) is 54.6 Å². The van der Waals surface area contributed by atoms with Crippen molar-refractivity contribution in [1.29, 1.82) is 0 Å². The van der Waals surface area contributed by atoms with Crippen LogP contribution >= 0.6 is 11.3 Å². The van der Waals surface area contributed by atoms with Crippen LogP contribution in [0.4, 0.5) is 28.5 Å². The van der Waals surface area contributed by atoms with Crippen LogP contribution in [0, 0.1) is 5.82 Å². The lowest BCUT2D eigenvalue weighted by molar-refractivity contribution is -0.139. The Labute approximate surface area is 239 Å². The Balaban J connectivity index is 1.49. The highest BCUT2D eigenvalue weighted by Gasteiger charge is 2.32. The predicted molar refractivity (Wildman–Crippen MR) is 149 cm³/mol. The normalized spacial score (nSPS) is 16.4. The first kappa shape index (κ1) is 30.6. The maximum Gasteiger partial charge on any atom is 0.416 e. The summed E-state index contributed by atoms with van der Waals surface area (Å²) >= 11 is 1.31. The molecule has 1 aliphatic heterocycles. The fourth-order valence-corrected chi connectivity index (χ4v) is 5.78. The van der Waals surface area contributed by atoms with Crippen LogP contribution in [0.25, 0.3) is 11.3 Å². The number of alkyl halides is 3. The van der Waals surface area contributed by atoms with Crippen molar-refractivity contribution in [2.75, 3.05) is 49.5 Å². The van der Waals surface area contributed by atoms with Crippen molar-refractivity contribution >= 4 is 28.3 Å². The topological polar surface area (TPSA) is 97.7 Å². The number of thiazole rings is 1. The zero-order valence-electron chi connectivity index (χ0n) is 23.1. The van der Waals surface area contributed by atoms with Gasteiger partial charge in [-0.2, -0.15) is 13.2 Å². The van der Waals surface area contributed by atoms with E-state index in [4.69, 9.17) is 5.11 Å². The van der Waals surface area contributed by atoms with Crippen LogP contribution in [0.3, 0.4) is 0 Å². The number of piperazine rings is 1. The monoisotopic (exact) mass is 595 g/mol. The van der Waals surface area contributed by atoms with E-state index in [1.54, 1.807) is 12.4 Å². The number of benzene rings is 1.